The van der Waals surface area contributed by atoms with E-state index >= 15 is 0 Å². The molecule has 21 heavy (non-hydrogen) atoms. The topological polar surface area (TPSA) is 144 Å². The van der Waals surface area contributed by atoms with Gasteiger partial charge in [-0.15, -0.1) is 11.3 Å². The summed E-state index contributed by atoms with van der Waals surface area (Å²) in [6, 6.07) is 1.40. The van der Waals surface area contributed by atoms with E-state index in [-0.39, 0.29) is 15.5 Å². The molecule has 0 radical (unpaired) electrons. The summed E-state index contributed by atoms with van der Waals surface area (Å²) >= 11 is 1.00. The summed E-state index contributed by atoms with van der Waals surface area (Å²) in [5, 5.41) is 13.9. The molecule has 11 heteroatoms. The molecular weight excluding hydrogens is 320 g/mol. The van der Waals surface area contributed by atoms with Crippen molar-refractivity contribution >= 4 is 38.2 Å². The number of anilines is 1. The molecule has 112 valence electrons. The maximum atomic E-state index is 12.1. The van der Waals surface area contributed by atoms with Gasteiger partial charge >= 0.3 is 5.97 Å². The van der Waals surface area contributed by atoms with E-state index in [9.17, 15) is 18.0 Å². The molecule has 0 fully saturated rings. The van der Waals surface area contributed by atoms with Crippen LogP contribution in [-0.2, 0) is 21.4 Å². The van der Waals surface area contributed by atoms with Gasteiger partial charge < -0.3 is 10.8 Å². The van der Waals surface area contributed by atoms with Crippen molar-refractivity contribution in [2.75, 3.05) is 4.72 Å². The first-order valence-corrected chi connectivity index (χ1v) is 7.80. The zero-order chi connectivity index (χ0) is 15.6. The van der Waals surface area contributed by atoms with Crippen molar-refractivity contribution in [1.29, 1.82) is 0 Å². The number of nitrogens with zero attached hydrogens (tertiary/aromatic N) is 2. The number of aliphatic carboxylic acids is 1. The van der Waals surface area contributed by atoms with E-state index in [1.807, 2.05) is 0 Å². The molecule has 2 aromatic rings. The number of sulfonamides is 1. The Balaban J connectivity index is 2.26. The minimum absolute atomic E-state index is 0.0569. The van der Waals surface area contributed by atoms with Crippen molar-refractivity contribution in [1.82, 2.24) is 9.78 Å². The molecule has 0 spiro atoms. The van der Waals surface area contributed by atoms with Crippen LogP contribution in [-0.4, -0.2) is 35.2 Å². The van der Waals surface area contributed by atoms with Gasteiger partial charge in [0.05, 0.1) is 11.8 Å². The minimum atomic E-state index is -3.98. The van der Waals surface area contributed by atoms with Crippen molar-refractivity contribution in [3.63, 3.8) is 0 Å². The number of thiophene rings is 1. The van der Waals surface area contributed by atoms with Crippen LogP contribution in [0.2, 0.25) is 0 Å². The number of carboxylic acid groups (broad SMARTS) is 1. The quantitative estimate of drug-likeness (QED) is 0.676. The Hall–Kier alpha value is -2.40. The Morgan fingerprint density at radius 2 is 2.19 bits per heavy atom. The Kier molecular flexibility index (Phi) is 3.95. The lowest BCUT2D eigenvalue weighted by atomic mass is 10.3. The van der Waals surface area contributed by atoms with E-state index in [1.54, 1.807) is 0 Å². The molecule has 4 N–H and O–H groups in total. The average molecular weight is 330 g/mol. The van der Waals surface area contributed by atoms with E-state index in [2.05, 4.69) is 9.82 Å². The van der Waals surface area contributed by atoms with Crippen molar-refractivity contribution < 1.29 is 23.1 Å². The van der Waals surface area contributed by atoms with Crippen molar-refractivity contribution in [3.05, 3.63) is 29.4 Å². The smallest absolute Gasteiger partial charge is 0.325 e. The Morgan fingerprint density at radius 1 is 1.48 bits per heavy atom. The second-order valence-electron chi connectivity index (χ2n) is 3.90. The first-order valence-electron chi connectivity index (χ1n) is 5.44. The lowest BCUT2D eigenvalue weighted by molar-refractivity contribution is -0.137. The number of carboxylic acids is 1. The second-order valence-corrected chi connectivity index (χ2v) is 6.50. The highest BCUT2D eigenvalue weighted by molar-refractivity contribution is 7.93. The molecule has 2 rings (SSSR count). The van der Waals surface area contributed by atoms with Crippen molar-refractivity contribution in [3.8, 4) is 0 Å². The van der Waals surface area contributed by atoms with Crippen LogP contribution in [0.25, 0.3) is 0 Å². The lowest BCUT2D eigenvalue weighted by Crippen LogP contribution is -2.16. The summed E-state index contributed by atoms with van der Waals surface area (Å²) < 4.78 is 27.4. The van der Waals surface area contributed by atoms with Gasteiger partial charge in [-0.1, -0.05) is 0 Å². The molecule has 0 saturated carbocycles. The number of rotatable bonds is 6. The van der Waals surface area contributed by atoms with Gasteiger partial charge in [0, 0.05) is 6.20 Å². The maximum Gasteiger partial charge on any atom is 0.325 e. The van der Waals surface area contributed by atoms with Gasteiger partial charge in [-0.2, -0.15) is 5.10 Å². The molecule has 0 aliphatic heterocycles. The van der Waals surface area contributed by atoms with Crippen LogP contribution in [0, 0.1) is 0 Å². The molecule has 9 nitrogen and oxygen atoms in total. The monoisotopic (exact) mass is 330 g/mol. The van der Waals surface area contributed by atoms with Gasteiger partial charge in [-0.25, -0.2) is 8.42 Å². The number of amides is 1. The summed E-state index contributed by atoms with van der Waals surface area (Å²) in [5.41, 5.74) is 5.18. The van der Waals surface area contributed by atoms with Crippen LogP contribution in [0.1, 0.15) is 10.4 Å². The molecule has 2 heterocycles. The highest BCUT2D eigenvalue weighted by atomic mass is 32.2. The third kappa shape index (κ3) is 3.38. The molecule has 0 atom stereocenters. The number of aromatic nitrogens is 2. The van der Waals surface area contributed by atoms with Crippen LogP contribution in [0.4, 0.5) is 5.00 Å². The van der Waals surface area contributed by atoms with Gasteiger partial charge in [0.1, 0.15) is 16.4 Å². The van der Waals surface area contributed by atoms with Crippen LogP contribution >= 0.6 is 11.3 Å². The molecule has 0 saturated heterocycles. The Bertz CT molecular complexity index is 792. The average Bonchev–Trinajstić information content (AvgIpc) is 2.96. The number of carbonyl (C=O) groups excluding carboxylic acids is 1. The Labute approximate surface area is 123 Å². The van der Waals surface area contributed by atoms with E-state index in [0.717, 1.165) is 28.4 Å². The third-order valence-corrected chi connectivity index (χ3v) is 4.64. The van der Waals surface area contributed by atoms with Crippen LogP contribution < -0.4 is 10.5 Å². The maximum absolute atomic E-state index is 12.1. The molecule has 0 aliphatic rings. The number of carbonyl (C=O) groups is 2. The van der Waals surface area contributed by atoms with E-state index < -0.39 is 28.4 Å². The predicted octanol–water partition coefficient (Wildman–Crippen LogP) is -0.0711. The fraction of sp³-hybridized carbons (Fsp3) is 0.100. The number of primary amides is 1. The number of nitrogens with two attached hydrogens (primary N) is 1. The van der Waals surface area contributed by atoms with Gasteiger partial charge in [-0.3, -0.25) is 19.0 Å². The molecule has 0 aromatic carbocycles. The minimum Gasteiger partial charge on any atom is -0.480 e. The zero-order valence-electron chi connectivity index (χ0n) is 10.4. The number of hydrogen-bond donors (Lipinski definition) is 3. The summed E-state index contributed by atoms with van der Waals surface area (Å²) in [4.78, 5) is 21.5. The zero-order valence-corrected chi connectivity index (χ0v) is 12.0. The molecule has 0 aliphatic carbocycles. The second kappa shape index (κ2) is 5.54. The van der Waals surface area contributed by atoms with E-state index in [0.29, 0.717) is 0 Å². The summed E-state index contributed by atoms with van der Waals surface area (Å²) in [6.45, 7) is -0.457. The fourth-order valence-corrected chi connectivity index (χ4v) is 3.55. The normalized spacial score (nSPS) is 11.2. The first-order chi connectivity index (χ1) is 9.79. The summed E-state index contributed by atoms with van der Waals surface area (Å²) in [6.07, 6.45) is 2.09. The van der Waals surface area contributed by atoms with Crippen LogP contribution in [0.3, 0.4) is 0 Å². The van der Waals surface area contributed by atoms with Crippen LogP contribution in [0.15, 0.2) is 28.7 Å². The molecular formula is C10H10N4O5S2. The van der Waals surface area contributed by atoms with Crippen molar-refractivity contribution in [2.45, 2.75) is 11.4 Å². The standard InChI is InChI=1S/C10H10N4O5S2/c11-9(17)7-1-2-20-10(7)13-21(18,19)6-3-12-14(4-6)5-8(15)16/h1-4,13H,5H2,(H2,11,17)(H,15,16). The fourth-order valence-electron chi connectivity index (χ4n) is 1.47. The summed E-state index contributed by atoms with van der Waals surface area (Å²) in [7, 11) is -3.98. The van der Waals surface area contributed by atoms with Gasteiger partial charge in [0.2, 0.25) is 0 Å². The SMILES string of the molecule is NC(=O)c1ccsc1NS(=O)(=O)c1cnn(CC(=O)O)c1. The largest absolute Gasteiger partial charge is 0.480 e. The van der Waals surface area contributed by atoms with Crippen molar-refractivity contribution in [2.24, 2.45) is 5.73 Å². The van der Waals surface area contributed by atoms with Crippen LogP contribution in [0.5, 0.6) is 0 Å². The molecule has 1 amide bonds. The number of nitrogens with one attached hydrogen (secondary N) is 1. The van der Waals surface area contributed by atoms with E-state index in [4.69, 9.17) is 10.8 Å². The highest BCUT2D eigenvalue weighted by Crippen LogP contribution is 2.25. The molecule has 2 aromatic heterocycles. The van der Waals surface area contributed by atoms with Gasteiger partial charge in [-0.05, 0) is 11.4 Å². The lowest BCUT2D eigenvalue weighted by Gasteiger charge is -2.05. The predicted molar refractivity (Wildman–Crippen MR) is 73.5 cm³/mol. The first kappa shape index (κ1) is 15.0. The molecule has 0 bridgehead atoms. The number of hydrogen-bond acceptors (Lipinski definition) is 6. The molecule has 0 unspecified atom stereocenters. The highest BCUT2D eigenvalue weighted by Gasteiger charge is 2.20. The third-order valence-electron chi connectivity index (χ3n) is 2.37. The van der Waals surface area contributed by atoms with E-state index in [1.165, 1.54) is 11.4 Å². The van der Waals surface area contributed by atoms with Gasteiger partial charge in [0.15, 0.2) is 0 Å². The summed E-state index contributed by atoms with van der Waals surface area (Å²) in [5.74, 6) is -1.90. The van der Waals surface area contributed by atoms with Gasteiger partial charge in [0.25, 0.3) is 15.9 Å². The Morgan fingerprint density at radius 3 is 2.81 bits per heavy atom.